The average molecular weight is 598 g/mol. The van der Waals surface area contributed by atoms with E-state index in [4.69, 9.17) is 25.1 Å². The minimum absolute atomic E-state index is 0.0743. The number of carbonyl (C=O) groups excluding carboxylic acids is 1. The number of benzene rings is 2. The summed E-state index contributed by atoms with van der Waals surface area (Å²) in [5.74, 6) is 2.41. The molecule has 1 amide bonds. The third kappa shape index (κ3) is 6.51. The molecule has 1 saturated heterocycles. The van der Waals surface area contributed by atoms with Gasteiger partial charge in [-0.3, -0.25) is 4.79 Å². The third-order valence-corrected chi connectivity index (χ3v) is 10.7. The van der Waals surface area contributed by atoms with Crippen LogP contribution in [0.1, 0.15) is 75.7 Å². The third-order valence-electron chi connectivity index (χ3n) is 10.7. The SMILES string of the molecule is CC1(C)C2CC3OB(C(CCCCN)NC(=O)Cn4nc(CCc5ccccc5)nc4CCc4ccccc4)OC3(C)C1C2. The second-order valence-electron chi connectivity index (χ2n) is 13.9. The van der Waals surface area contributed by atoms with Crippen LogP contribution in [0.2, 0.25) is 0 Å². The molecule has 5 unspecified atom stereocenters. The van der Waals surface area contributed by atoms with Gasteiger partial charge in [0.05, 0.1) is 17.6 Å². The topological polar surface area (TPSA) is 104 Å². The van der Waals surface area contributed by atoms with Crippen molar-refractivity contribution in [1.29, 1.82) is 0 Å². The van der Waals surface area contributed by atoms with Crippen LogP contribution in [0.5, 0.6) is 0 Å². The van der Waals surface area contributed by atoms with Gasteiger partial charge in [0.15, 0.2) is 5.82 Å². The summed E-state index contributed by atoms with van der Waals surface area (Å²) in [6, 6.07) is 20.8. The first-order valence-electron chi connectivity index (χ1n) is 16.6. The molecule has 0 radical (unpaired) electrons. The lowest BCUT2D eigenvalue weighted by Crippen LogP contribution is -2.65. The van der Waals surface area contributed by atoms with Crippen LogP contribution in [-0.4, -0.2) is 52.0 Å². The Bertz CT molecular complexity index is 1400. The molecule has 5 atom stereocenters. The molecule has 0 spiro atoms. The van der Waals surface area contributed by atoms with Gasteiger partial charge >= 0.3 is 7.12 Å². The number of unbranched alkanes of at least 4 members (excludes halogenated alkanes) is 1. The summed E-state index contributed by atoms with van der Waals surface area (Å²) in [5.41, 5.74) is 8.27. The summed E-state index contributed by atoms with van der Waals surface area (Å²) >= 11 is 0. The summed E-state index contributed by atoms with van der Waals surface area (Å²) in [5, 5.41) is 8.12. The molecule has 9 heteroatoms. The normalized spacial score (nSPS) is 25.7. The smallest absolute Gasteiger partial charge is 0.404 e. The zero-order chi connectivity index (χ0) is 30.7. The van der Waals surface area contributed by atoms with E-state index in [0.717, 1.165) is 56.6 Å². The van der Waals surface area contributed by atoms with Gasteiger partial charge in [0, 0.05) is 12.8 Å². The predicted molar refractivity (Wildman–Crippen MR) is 173 cm³/mol. The number of hydrogen-bond donors (Lipinski definition) is 2. The van der Waals surface area contributed by atoms with E-state index in [-0.39, 0.29) is 35.5 Å². The lowest BCUT2D eigenvalue weighted by Gasteiger charge is -2.64. The molecule has 2 bridgehead atoms. The molecule has 1 aromatic heterocycles. The van der Waals surface area contributed by atoms with E-state index in [1.807, 2.05) is 12.1 Å². The first-order valence-corrected chi connectivity index (χ1v) is 16.6. The van der Waals surface area contributed by atoms with Crippen LogP contribution in [0.4, 0.5) is 0 Å². The van der Waals surface area contributed by atoms with Crippen molar-refractivity contribution in [2.24, 2.45) is 23.0 Å². The van der Waals surface area contributed by atoms with Crippen LogP contribution in [0.15, 0.2) is 60.7 Å². The first-order chi connectivity index (χ1) is 21.3. The number of aryl methyl sites for hydroxylation is 4. The largest absolute Gasteiger partial charge is 0.481 e. The summed E-state index contributed by atoms with van der Waals surface area (Å²) in [6.45, 7) is 7.70. The highest BCUT2D eigenvalue weighted by molar-refractivity contribution is 6.47. The standard InChI is InChI=1S/C35H48BN5O3/c1-34(2)27-22-28(34)35(3)29(23-27)43-36(44-35)30(16-10-11-21-37)38-33(42)24-41-32(20-18-26-14-8-5-9-15-26)39-31(40-41)19-17-25-12-6-4-7-13-25/h4-9,12-15,27-30H,10-11,16-24,37H2,1-3H3,(H,38,42). The first kappa shape index (κ1) is 31.0. The number of rotatable bonds is 14. The van der Waals surface area contributed by atoms with Crippen molar-refractivity contribution >= 4 is 13.0 Å². The van der Waals surface area contributed by atoms with Gasteiger partial charge in [0.1, 0.15) is 12.4 Å². The minimum atomic E-state index is -0.461. The lowest BCUT2D eigenvalue weighted by molar-refractivity contribution is -0.199. The number of nitrogens with two attached hydrogens (primary N) is 1. The van der Waals surface area contributed by atoms with E-state index in [1.165, 1.54) is 17.5 Å². The van der Waals surface area contributed by atoms with Gasteiger partial charge in [-0.25, -0.2) is 9.67 Å². The van der Waals surface area contributed by atoms with Crippen LogP contribution < -0.4 is 11.1 Å². The maximum absolute atomic E-state index is 13.7. The Hall–Kier alpha value is -3.01. The molecular formula is C35H48BN5O3. The zero-order valence-corrected chi connectivity index (χ0v) is 26.6. The lowest BCUT2D eigenvalue weighted by atomic mass is 9.43. The quantitative estimate of drug-likeness (QED) is 0.206. The Kier molecular flexibility index (Phi) is 9.27. The second kappa shape index (κ2) is 13.2. The molecule has 8 nitrogen and oxygen atoms in total. The molecule has 3 aromatic rings. The fourth-order valence-corrected chi connectivity index (χ4v) is 7.89. The highest BCUT2D eigenvalue weighted by Crippen LogP contribution is 2.65. The molecule has 2 heterocycles. The molecule has 3 N–H and O–H groups in total. The minimum Gasteiger partial charge on any atom is -0.404 e. The van der Waals surface area contributed by atoms with Crippen LogP contribution >= 0.6 is 0 Å². The Morgan fingerprint density at radius 1 is 1.00 bits per heavy atom. The fourth-order valence-electron chi connectivity index (χ4n) is 7.89. The predicted octanol–water partition coefficient (Wildman–Crippen LogP) is 4.73. The molecule has 234 valence electrons. The second-order valence-corrected chi connectivity index (χ2v) is 13.9. The van der Waals surface area contributed by atoms with Gasteiger partial charge in [-0.15, -0.1) is 0 Å². The number of aromatic nitrogens is 3. The van der Waals surface area contributed by atoms with Crippen LogP contribution in [0, 0.1) is 17.3 Å². The highest BCUT2D eigenvalue weighted by Gasteiger charge is 2.68. The number of carbonyl (C=O) groups is 1. The summed E-state index contributed by atoms with van der Waals surface area (Å²) in [6.07, 6.45) is 7.98. The summed E-state index contributed by atoms with van der Waals surface area (Å²) < 4.78 is 15.2. The fraction of sp³-hybridized carbons (Fsp3) is 0.571. The van der Waals surface area contributed by atoms with Gasteiger partial charge in [-0.05, 0) is 80.4 Å². The van der Waals surface area contributed by atoms with E-state index in [1.54, 1.807) is 4.68 Å². The molecular weight excluding hydrogens is 549 g/mol. The zero-order valence-electron chi connectivity index (χ0n) is 26.6. The van der Waals surface area contributed by atoms with Crippen molar-refractivity contribution in [3.05, 3.63) is 83.4 Å². The Morgan fingerprint density at radius 2 is 1.68 bits per heavy atom. The molecule has 44 heavy (non-hydrogen) atoms. The highest BCUT2D eigenvalue weighted by atomic mass is 16.7. The number of amides is 1. The number of nitrogens with one attached hydrogen (secondary N) is 1. The van der Waals surface area contributed by atoms with Gasteiger partial charge in [0.2, 0.25) is 5.91 Å². The van der Waals surface area contributed by atoms with Crippen LogP contribution in [0.25, 0.3) is 0 Å². The Morgan fingerprint density at radius 3 is 2.34 bits per heavy atom. The number of hydrogen-bond acceptors (Lipinski definition) is 6. The Labute approximate surface area is 262 Å². The molecule has 3 saturated carbocycles. The molecule has 4 fully saturated rings. The van der Waals surface area contributed by atoms with E-state index >= 15 is 0 Å². The molecule has 7 rings (SSSR count). The van der Waals surface area contributed by atoms with Crippen molar-refractivity contribution in [3.63, 3.8) is 0 Å². The molecule has 1 aliphatic heterocycles. The van der Waals surface area contributed by atoms with E-state index in [9.17, 15) is 4.79 Å². The van der Waals surface area contributed by atoms with E-state index in [2.05, 4.69) is 74.6 Å². The maximum atomic E-state index is 13.7. The van der Waals surface area contributed by atoms with Gasteiger partial charge in [-0.2, -0.15) is 5.10 Å². The van der Waals surface area contributed by atoms with Crippen molar-refractivity contribution in [2.45, 2.75) is 103 Å². The molecule has 4 aliphatic rings. The monoisotopic (exact) mass is 597 g/mol. The average Bonchev–Trinajstić information content (AvgIpc) is 3.59. The summed E-state index contributed by atoms with van der Waals surface area (Å²) in [7, 11) is -0.461. The van der Waals surface area contributed by atoms with Crippen molar-refractivity contribution in [2.75, 3.05) is 6.54 Å². The van der Waals surface area contributed by atoms with Crippen LogP contribution in [0.3, 0.4) is 0 Å². The summed E-state index contributed by atoms with van der Waals surface area (Å²) in [4.78, 5) is 18.6. The van der Waals surface area contributed by atoms with Gasteiger partial charge < -0.3 is 20.4 Å². The molecule has 3 aliphatic carbocycles. The van der Waals surface area contributed by atoms with Crippen molar-refractivity contribution < 1.29 is 14.1 Å². The van der Waals surface area contributed by atoms with E-state index in [0.29, 0.717) is 24.8 Å². The van der Waals surface area contributed by atoms with Crippen molar-refractivity contribution in [1.82, 2.24) is 20.1 Å². The van der Waals surface area contributed by atoms with E-state index < -0.39 is 7.12 Å². The van der Waals surface area contributed by atoms with Gasteiger partial charge in [-0.1, -0.05) is 80.9 Å². The van der Waals surface area contributed by atoms with Crippen molar-refractivity contribution in [3.8, 4) is 0 Å². The van der Waals surface area contributed by atoms with Crippen LogP contribution in [-0.2, 0) is 46.3 Å². The van der Waals surface area contributed by atoms with Gasteiger partial charge in [0.25, 0.3) is 0 Å². The number of nitrogens with zero attached hydrogens (tertiary/aromatic N) is 3. The Balaban J connectivity index is 1.15. The molecule has 2 aromatic carbocycles. The maximum Gasteiger partial charge on any atom is 0.481 e.